The lowest BCUT2D eigenvalue weighted by Crippen LogP contribution is -2.34. The summed E-state index contributed by atoms with van der Waals surface area (Å²) in [5, 5.41) is 2.49. The van der Waals surface area contributed by atoms with Crippen molar-refractivity contribution in [2.24, 2.45) is 0 Å². The minimum atomic E-state index is -0.431. The van der Waals surface area contributed by atoms with Crippen LogP contribution >= 0.6 is 11.8 Å². The first-order valence-electron chi connectivity index (χ1n) is 3.34. The van der Waals surface area contributed by atoms with Crippen LogP contribution in [0.15, 0.2) is 0 Å². The predicted molar refractivity (Wildman–Crippen MR) is 46.3 cm³/mol. The zero-order valence-electron chi connectivity index (χ0n) is 6.72. The SMILES string of the molecule is CSCCC([C]=O)NC(C)=O. The average Bonchev–Trinajstić information content (AvgIpc) is 1.97. The Morgan fingerprint density at radius 2 is 2.36 bits per heavy atom. The standard InChI is InChI=1S/C7H12NO2S/c1-6(10)8-7(5-9)3-4-11-2/h7H,3-4H2,1-2H3,(H,8,10). The average molecular weight is 174 g/mol. The quantitative estimate of drug-likeness (QED) is 0.654. The van der Waals surface area contributed by atoms with Gasteiger partial charge in [-0.2, -0.15) is 11.8 Å². The summed E-state index contributed by atoms with van der Waals surface area (Å²) in [4.78, 5) is 20.7. The Hall–Kier alpha value is -0.510. The van der Waals surface area contributed by atoms with Gasteiger partial charge in [0.05, 0.1) is 6.04 Å². The molecular weight excluding hydrogens is 162 g/mol. The highest BCUT2D eigenvalue weighted by Crippen LogP contribution is 1.98. The molecule has 11 heavy (non-hydrogen) atoms. The molecule has 0 aromatic carbocycles. The molecule has 3 nitrogen and oxygen atoms in total. The molecule has 0 saturated heterocycles. The third-order valence-electron chi connectivity index (χ3n) is 1.13. The zero-order chi connectivity index (χ0) is 8.69. The molecule has 1 unspecified atom stereocenters. The molecule has 0 bridgehead atoms. The molecule has 0 aromatic rings. The largest absolute Gasteiger partial charge is 0.346 e. The molecule has 0 spiro atoms. The Balaban J connectivity index is 3.57. The Labute approximate surface area is 70.9 Å². The van der Waals surface area contributed by atoms with Crippen LogP contribution in [0, 0.1) is 0 Å². The van der Waals surface area contributed by atoms with Crippen LogP contribution < -0.4 is 5.32 Å². The van der Waals surface area contributed by atoms with Crippen molar-refractivity contribution in [2.75, 3.05) is 12.0 Å². The van der Waals surface area contributed by atoms with E-state index in [2.05, 4.69) is 5.32 Å². The van der Waals surface area contributed by atoms with Gasteiger partial charge in [-0.3, -0.25) is 9.59 Å². The van der Waals surface area contributed by atoms with Crippen LogP contribution in [0.2, 0.25) is 0 Å². The molecule has 1 amide bonds. The lowest BCUT2D eigenvalue weighted by atomic mass is 10.2. The smallest absolute Gasteiger partial charge is 0.222 e. The van der Waals surface area contributed by atoms with E-state index in [4.69, 9.17) is 0 Å². The van der Waals surface area contributed by atoms with Gasteiger partial charge in [0.2, 0.25) is 12.2 Å². The predicted octanol–water partition coefficient (Wildman–Crippen LogP) is 0.354. The first-order chi connectivity index (χ1) is 5.20. The summed E-state index contributed by atoms with van der Waals surface area (Å²) >= 11 is 1.64. The second kappa shape index (κ2) is 6.22. The maximum atomic E-state index is 10.5. The number of hydrogen-bond acceptors (Lipinski definition) is 3. The van der Waals surface area contributed by atoms with Crippen LogP contribution in [-0.4, -0.2) is 30.2 Å². The molecule has 0 aliphatic heterocycles. The molecular formula is C7H12NO2S. The van der Waals surface area contributed by atoms with Gasteiger partial charge in [-0.05, 0) is 18.4 Å². The van der Waals surface area contributed by atoms with Crippen molar-refractivity contribution in [1.29, 1.82) is 0 Å². The minimum absolute atomic E-state index is 0.181. The number of amides is 1. The highest BCUT2D eigenvalue weighted by molar-refractivity contribution is 7.98. The number of carbonyl (C=O) groups is 1. The summed E-state index contributed by atoms with van der Waals surface area (Å²) in [5.74, 6) is 0.680. The number of hydrogen-bond donors (Lipinski definition) is 1. The van der Waals surface area contributed by atoms with Crippen molar-refractivity contribution in [2.45, 2.75) is 19.4 Å². The molecule has 0 aliphatic rings. The summed E-state index contributed by atoms with van der Waals surface area (Å²) in [6.07, 6.45) is 4.38. The molecule has 1 N–H and O–H groups in total. The van der Waals surface area contributed by atoms with Gasteiger partial charge < -0.3 is 5.32 Å². The Bertz CT molecular complexity index is 138. The molecule has 0 aromatic heterocycles. The van der Waals surface area contributed by atoms with Crippen LogP contribution in [0.3, 0.4) is 0 Å². The molecule has 4 heteroatoms. The normalized spacial score (nSPS) is 12.2. The van der Waals surface area contributed by atoms with Crippen LogP contribution in [0.5, 0.6) is 0 Å². The second-order valence-electron chi connectivity index (χ2n) is 2.15. The highest BCUT2D eigenvalue weighted by atomic mass is 32.2. The first-order valence-corrected chi connectivity index (χ1v) is 4.73. The van der Waals surface area contributed by atoms with Gasteiger partial charge in [0.1, 0.15) is 0 Å². The topological polar surface area (TPSA) is 46.2 Å². The number of nitrogens with one attached hydrogen (secondary N) is 1. The van der Waals surface area contributed by atoms with Gasteiger partial charge in [-0.1, -0.05) is 0 Å². The zero-order valence-corrected chi connectivity index (χ0v) is 7.53. The van der Waals surface area contributed by atoms with Crippen molar-refractivity contribution in [3.05, 3.63) is 0 Å². The summed E-state index contributed by atoms with van der Waals surface area (Å²) in [6, 6.07) is -0.431. The summed E-state index contributed by atoms with van der Waals surface area (Å²) in [6.45, 7) is 1.39. The molecule has 0 heterocycles. The van der Waals surface area contributed by atoms with Gasteiger partial charge in [0.25, 0.3) is 0 Å². The molecule has 0 aliphatic carbocycles. The van der Waals surface area contributed by atoms with Gasteiger partial charge >= 0.3 is 0 Å². The molecule has 0 fully saturated rings. The maximum absolute atomic E-state index is 10.5. The van der Waals surface area contributed by atoms with Crippen molar-refractivity contribution < 1.29 is 9.59 Å². The minimum Gasteiger partial charge on any atom is -0.346 e. The van der Waals surface area contributed by atoms with Crippen LogP contribution in [0.25, 0.3) is 0 Å². The monoisotopic (exact) mass is 174 g/mol. The van der Waals surface area contributed by atoms with E-state index in [0.29, 0.717) is 6.42 Å². The molecule has 0 rings (SSSR count). The van der Waals surface area contributed by atoms with Crippen LogP contribution in [0.1, 0.15) is 13.3 Å². The fourth-order valence-electron chi connectivity index (χ4n) is 0.642. The Morgan fingerprint density at radius 3 is 2.73 bits per heavy atom. The van der Waals surface area contributed by atoms with Gasteiger partial charge in [0.15, 0.2) is 0 Å². The van der Waals surface area contributed by atoms with Crippen LogP contribution in [-0.2, 0) is 9.59 Å². The molecule has 63 valence electrons. The molecule has 1 atom stereocenters. The fourth-order valence-corrected chi connectivity index (χ4v) is 1.11. The number of thioether (sulfide) groups is 1. The number of rotatable bonds is 5. The summed E-state index contributed by atoms with van der Waals surface area (Å²) < 4.78 is 0. The Morgan fingerprint density at radius 1 is 1.73 bits per heavy atom. The van der Waals surface area contributed by atoms with Gasteiger partial charge in [-0.15, -0.1) is 0 Å². The van der Waals surface area contributed by atoms with Crippen molar-refractivity contribution in [3.63, 3.8) is 0 Å². The maximum Gasteiger partial charge on any atom is 0.222 e. The van der Waals surface area contributed by atoms with E-state index < -0.39 is 6.04 Å². The summed E-state index contributed by atoms with van der Waals surface area (Å²) in [5.41, 5.74) is 0. The Kier molecular flexibility index (Phi) is 5.93. The molecule has 0 saturated carbocycles. The fraction of sp³-hybridized carbons (Fsp3) is 0.714. The number of carbonyl (C=O) groups excluding carboxylic acids is 2. The highest BCUT2D eigenvalue weighted by Gasteiger charge is 2.07. The first kappa shape index (κ1) is 10.5. The van der Waals surface area contributed by atoms with E-state index >= 15 is 0 Å². The van der Waals surface area contributed by atoms with E-state index in [0.717, 1.165) is 5.75 Å². The van der Waals surface area contributed by atoms with Crippen molar-refractivity contribution >= 4 is 24.0 Å². The van der Waals surface area contributed by atoms with E-state index in [1.165, 1.54) is 6.92 Å². The molecule has 1 radical (unpaired) electrons. The van der Waals surface area contributed by atoms with Crippen molar-refractivity contribution in [1.82, 2.24) is 5.32 Å². The van der Waals surface area contributed by atoms with E-state index in [9.17, 15) is 9.59 Å². The van der Waals surface area contributed by atoms with Gasteiger partial charge in [-0.25, -0.2) is 0 Å². The van der Waals surface area contributed by atoms with Crippen LogP contribution in [0.4, 0.5) is 0 Å². The second-order valence-corrected chi connectivity index (χ2v) is 3.14. The van der Waals surface area contributed by atoms with E-state index in [1.54, 1.807) is 18.0 Å². The lowest BCUT2D eigenvalue weighted by Gasteiger charge is -2.08. The van der Waals surface area contributed by atoms with Crippen molar-refractivity contribution in [3.8, 4) is 0 Å². The summed E-state index contributed by atoms with van der Waals surface area (Å²) in [7, 11) is 0. The third kappa shape index (κ3) is 5.91. The third-order valence-corrected chi connectivity index (χ3v) is 1.77. The lowest BCUT2D eigenvalue weighted by molar-refractivity contribution is -0.119. The van der Waals surface area contributed by atoms with E-state index in [1.807, 2.05) is 6.26 Å². The van der Waals surface area contributed by atoms with E-state index in [-0.39, 0.29) is 5.91 Å². The van der Waals surface area contributed by atoms with Gasteiger partial charge in [0, 0.05) is 6.92 Å².